The van der Waals surface area contributed by atoms with Crippen LogP contribution in [0.4, 0.5) is 4.39 Å². The Morgan fingerprint density at radius 2 is 2.12 bits per heavy atom. The molecular formula is C11H15FN2OS. The zero-order valence-corrected chi connectivity index (χ0v) is 9.97. The van der Waals surface area contributed by atoms with Gasteiger partial charge >= 0.3 is 0 Å². The molecule has 0 heterocycles. The highest BCUT2D eigenvalue weighted by atomic mass is 32.2. The number of benzene rings is 1. The minimum absolute atomic E-state index is 0.230. The summed E-state index contributed by atoms with van der Waals surface area (Å²) in [5.74, 6) is 0.951. The van der Waals surface area contributed by atoms with E-state index in [4.69, 9.17) is 10.5 Å². The molecule has 0 fully saturated rings. The summed E-state index contributed by atoms with van der Waals surface area (Å²) in [6, 6.07) is 6.31. The van der Waals surface area contributed by atoms with E-state index in [0.717, 1.165) is 4.90 Å². The number of halogens is 1. The van der Waals surface area contributed by atoms with Gasteiger partial charge < -0.3 is 10.5 Å². The van der Waals surface area contributed by atoms with Crippen molar-refractivity contribution in [2.24, 2.45) is 10.7 Å². The van der Waals surface area contributed by atoms with Crippen LogP contribution in [0.5, 0.6) is 0 Å². The molecular weight excluding hydrogens is 227 g/mol. The average molecular weight is 242 g/mol. The largest absolute Gasteiger partial charge is 0.387 e. The van der Waals surface area contributed by atoms with Crippen molar-refractivity contribution in [2.45, 2.75) is 4.90 Å². The molecule has 0 unspecified atom stereocenters. The predicted octanol–water partition coefficient (Wildman–Crippen LogP) is 1.92. The molecule has 0 atom stereocenters. The van der Waals surface area contributed by atoms with Gasteiger partial charge in [-0.05, 0) is 24.3 Å². The fraction of sp³-hybridized carbons (Fsp3) is 0.364. The topological polar surface area (TPSA) is 47.6 Å². The molecule has 0 aliphatic rings. The fourth-order valence-electron chi connectivity index (χ4n) is 1.01. The number of hydrogen-bond acceptors (Lipinski definition) is 3. The fourth-order valence-corrected chi connectivity index (χ4v) is 1.75. The summed E-state index contributed by atoms with van der Waals surface area (Å²) in [5.41, 5.74) is 5.69. The number of nitrogens with two attached hydrogens (primary N) is 1. The van der Waals surface area contributed by atoms with Crippen molar-refractivity contribution in [2.75, 3.05) is 26.0 Å². The molecule has 2 N–H and O–H groups in total. The summed E-state index contributed by atoms with van der Waals surface area (Å²) in [5, 5.41) is 0. The summed E-state index contributed by atoms with van der Waals surface area (Å²) in [6.07, 6.45) is 0. The SMILES string of the molecule is COCCN=C(N)CSc1ccc(F)cc1. The smallest absolute Gasteiger partial charge is 0.123 e. The van der Waals surface area contributed by atoms with Crippen LogP contribution in [0.3, 0.4) is 0 Å². The summed E-state index contributed by atoms with van der Waals surface area (Å²) in [7, 11) is 1.62. The number of aliphatic imine (C=N–C) groups is 1. The molecule has 0 amide bonds. The second-order valence-electron chi connectivity index (χ2n) is 3.11. The van der Waals surface area contributed by atoms with Crippen LogP contribution in [0.2, 0.25) is 0 Å². The van der Waals surface area contributed by atoms with Crippen LogP contribution in [-0.4, -0.2) is 31.8 Å². The van der Waals surface area contributed by atoms with Crippen LogP contribution < -0.4 is 5.73 Å². The van der Waals surface area contributed by atoms with Crippen LogP contribution in [0, 0.1) is 5.82 Å². The van der Waals surface area contributed by atoms with E-state index in [-0.39, 0.29) is 5.82 Å². The molecule has 0 bridgehead atoms. The van der Waals surface area contributed by atoms with Gasteiger partial charge in [0.15, 0.2) is 0 Å². The highest BCUT2D eigenvalue weighted by molar-refractivity contribution is 8.00. The van der Waals surface area contributed by atoms with Crippen LogP contribution in [0.1, 0.15) is 0 Å². The van der Waals surface area contributed by atoms with Gasteiger partial charge in [-0.2, -0.15) is 0 Å². The molecule has 1 aromatic rings. The van der Waals surface area contributed by atoms with Crippen LogP contribution in [0.15, 0.2) is 34.2 Å². The Morgan fingerprint density at radius 3 is 2.75 bits per heavy atom. The predicted molar refractivity (Wildman–Crippen MR) is 65.5 cm³/mol. The monoisotopic (exact) mass is 242 g/mol. The van der Waals surface area contributed by atoms with Crippen molar-refractivity contribution in [3.05, 3.63) is 30.1 Å². The maximum atomic E-state index is 12.6. The van der Waals surface area contributed by atoms with Gasteiger partial charge in [0.25, 0.3) is 0 Å². The Bertz CT molecular complexity index is 340. The normalized spacial score (nSPS) is 11.8. The zero-order chi connectivity index (χ0) is 11.8. The van der Waals surface area contributed by atoms with E-state index in [1.165, 1.54) is 23.9 Å². The van der Waals surface area contributed by atoms with Crippen LogP contribution >= 0.6 is 11.8 Å². The lowest BCUT2D eigenvalue weighted by Gasteiger charge is -2.01. The number of methoxy groups -OCH3 is 1. The molecule has 1 aromatic carbocycles. The van der Waals surface area contributed by atoms with Crippen LogP contribution in [0.25, 0.3) is 0 Å². The van der Waals surface area contributed by atoms with Gasteiger partial charge in [-0.15, -0.1) is 11.8 Å². The van der Waals surface area contributed by atoms with E-state index >= 15 is 0 Å². The van der Waals surface area contributed by atoms with Gasteiger partial charge in [-0.25, -0.2) is 4.39 Å². The van der Waals surface area contributed by atoms with E-state index in [0.29, 0.717) is 24.7 Å². The number of rotatable bonds is 6. The Hall–Kier alpha value is -1.07. The molecule has 0 radical (unpaired) electrons. The molecule has 0 saturated carbocycles. The minimum Gasteiger partial charge on any atom is -0.387 e. The lowest BCUT2D eigenvalue weighted by molar-refractivity contribution is 0.208. The number of nitrogens with zero attached hydrogens (tertiary/aromatic N) is 1. The number of hydrogen-bond donors (Lipinski definition) is 1. The average Bonchev–Trinajstić information content (AvgIpc) is 2.29. The quantitative estimate of drug-likeness (QED) is 0.359. The van der Waals surface area contributed by atoms with E-state index in [1.807, 2.05) is 0 Å². The molecule has 88 valence electrons. The van der Waals surface area contributed by atoms with Gasteiger partial charge in [-0.3, -0.25) is 4.99 Å². The highest BCUT2D eigenvalue weighted by Gasteiger charge is 1.97. The maximum Gasteiger partial charge on any atom is 0.123 e. The molecule has 0 aliphatic carbocycles. The molecule has 0 spiro atoms. The van der Waals surface area contributed by atoms with Gasteiger partial charge in [0, 0.05) is 12.0 Å². The van der Waals surface area contributed by atoms with E-state index in [1.54, 1.807) is 19.2 Å². The highest BCUT2D eigenvalue weighted by Crippen LogP contribution is 2.17. The molecule has 3 nitrogen and oxygen atoms in total. The summed E-state index contributed by atoms with van der Waals surface area (Å²) in [6.45, 7) is 1.15. The zero-order valence-electron chi connectivity index (χ0n) is 9.15. The molecule has 5 heteroatoms. The van der Waals surface area contributed by atoms with Gasteiger partial charge in [0.1, 0.15) is 11.7 Å². The molecule has 1 rings (SSSR count). The third-order valence-electron chi connectivity index (χ3n) is 1.81. The molecule has 0 aromatic heterocycles. The Labute approximate surface area is 98.9 Å². The van der Waals surface area contributed by atoms with E-state index < -0.39 is 0 Å². The van der Waals surface area contributed by atoms with Crippen molar-refractivity contribution in [1.82, 2.24) is 0 Å². The van der Waals surface area contributed by atoms with Crippen LogP contribution in [-0.2, 0) is 4.74 Å². The summed E-state index contributed by atoms with van der Waals surface area (Å²) in [4.78, 5) is 5.10. The van der Waals surface area contributed by atoms with Crippen molar-refractivity contribution >= 4 is 17.6 Å². The Balaban J connectivity index is 2.33. The standard InChI is InChI=1S/C11H15FN2OS/c1-15-7-6-14-11(13)8-16-10-4-2-9(12)3-5-10/h2-5H,6-8H2,1H3,(H2,13,14). The summed E-state index contributed by atoms with van der Waals surface area (Å²) >= 11 is 1.53. The van der Waals surface area contributed by atoms with E-state index in [2.05, 4.69) is 4.99 Å². The molecule has 0 aliphatic heterocycles. The van der Waals surface area contributed by atoms with Gasteiger partial charge in [-0.1, -0.05) is 0 Å². The number of amidine groups is 1. The minimum atomic E-state index is -0.230. The third-order valence-corrected chi connectivity index (χ3v) is 2.86. The summed E-state index contributed by atoms with van der Waals surface area (Å²) < 4.78 is 17.5. The van der Waals surface area contributed by atoms with Gasteiger partial charge in [0.2, 0.25) is 0 Å². The van der Waals surface area contributed by atoms with Crippen molar-refractivity contribution in [3.8, 4) is 0 Å². The number of ether oxygens (including phenoxy) is 1. The first-order chi connectivity index (χ1) is 7.72. The lowest BCUT2D eigenvalue weighted by atomic mass is 10.4. The first-order valence-corrected chi connectivity index (χ1v) is 5.87. The second kappa shape index (κ2) is 7.24. The van der Waals surface area contributed by atoms with Crippen molar-refractivity contribution in [1.29, 1.82) is 0 Å². The van der Waals surface area contributed by atoms with Gasteiger partial charge in [0.05, 0.1) is 18.9 Å². The first kappa shape index (κ1) is 13.0. The number of thioether (sulfide) groups is 1. The Morgan fingerprint density at radius 1 is 1.44 bits per heavy atom. The lowest BCUT2D eigenvalue weighted by Crippen LogP contribution is -2.16. The molecule has 0 saturated heterocycles. The molecule has 16 heavy (non-hydrogen) atoms. The maximum absolute atomic E-state index is 12.6. The first-order valence-electron chi connectivity index (χ1n) is 4.88. The third kappa shape index (κ3) is 5.14. The van der Waals surface area contributed by atoms with Crippen molar-refractivity contribution in [3.63, 3.8) is 0 Å². The Kier molecular flexibility index (Phi) is 5.88. The van der Waals surface area contributed by atoms with Crippen molar-refractivity contribution < 1.29 is 9.13 Å². The van der Waals surface area contributed by atoms with E-state index in [9.17, 15) is 4.39 Å². The second-order valence-corrected chi connectivity index (χ2v) is 4.16.